The van der Waals surface area contributed by atoms with Crippen LogP contribution < -0.4 is 0 Å². The minimum atomic E-state index is -0.896. The van der Waals surface area contributed by atoms with Crippen molar-refractivity contribution < 1.29 is 29.4 Å². The first-order valence-corrected chi connectivity index (χ1v) is 4.80. The molecule has 0 aromatic heterocycles. The summed E-state index contributed by atoms with van der Waals surface area (Å²) in [7, 11) is 0. The number of nitrogens with zero attached hydrogens (tertiary/aromatic N) is 1. The molecule has 0 bridgehead atoms. The van der Waals surface area contributed by atoms with Gasteiger partial charge in [0.05, 0.1) is 5.56 Å². The van der Waals surface area contributed by atoms with Gasteiger partial charge in [-0.1, -0.05) is 12.1 Å². The number of benzene rings is 1. The van der Waals surface area contributed by atoms with Gasteiger partial charge in [0.15, 0.2) is 0 Å². The van der Waals surface area contributed by atoms with Gasteiger partial charge in [-0.25, -0.2) is 4.79 Å². The maximum atomic E-state index is 10.6. The zero-order chi connectivity index (χ0) is 11.3. The summed E-state index contributed by atoms with van der Waals surface area (Å²) < 4.78 is 0. The van der Waals surface area contributed by atoms with E-state index in [9.17, 15) is 4.79 Å². The molecule has 0 spiro atoms. The van der Waals surface area contributed by atoms with Gasteiger partial charge in [0.2, 0.25) is 0 Å². The van der Waals surface area contributed by atoms with Crippen LogP contribution in [0, 0.1) is 13.8 Å². The van der Waals surface area contributed by atoms with E-state index in [0.29, 0.717) is 18.7 Å². The second-order valence-electron chi connectivity index (χ2n) is 3.28. The maximum absolute atomic E-state index is 10.6. The first-order valence-electron chi connectivity index (χ1n) is 4.80. The summed E-state index contributed by atoms with van der Waals surface area (Å²) in [5.41, 5.74) is 1.39. The zero-order valence-electron chi connectivity index (χ0n) is 9.35. The minimum Gasteiger partial charge on any atom is -0.478 e. The predicted octanol–water partition coefficient (Wildman–Crippen LogP) is 1.85. The molecule has 0 amide bonds. The van der Waals surface area contributed by atoms with Crippen molar-refractivity contribution in [1.29, 1.82) is 0 Å². The summed E-state index contributed by atoms with van der Waals surface area (Å²) in [6.45, 7) is 9.74. The molecule has 1 aromatic carbocycles. The summed E-state index contributed by atoms with van der Waals surface area (Å²) in [5.74, 6) is -0.896. The quantitative estimate of drug-likeness (QED) is 0.656. The summed E-state index contributed by atoms with van der Waals surface area (Å²) in [6.07, 6.45) is 0. The van der Waals surface area contributed by atoms with E-state index in [-0.39, 0.29) is 19.5 Å². The van der Waals surface area contributed by atoms with E-state index < -0.39 is 5.97 Å². The van der Waals surface area contributed by atoms with Crippen molar-refractivity contribution in [2.45, 2.75) is 6.54 Å². The Kier molecular flexibility index (Phi) is 7.19. The van der Waals surface area contributed by atoms with E-state index in [2.05, 4.69) is 18.7 Å². The number of hydrogen-bond acceptors (Lipinski definition) is 2. The van der Waals surface area contributed by atoms with Crippen molar-refractivity contribution in [3.8, 4) is 0 Å². The van der Waals surface area contributed by atoms with Crippen molar-refractivity contribution in [1.82, 2.24) is 4.90 Å². The van der Waals surface area contributed by atoms with Gasteiger partial charge < -0.3 is 23.9 Å². The van der Waals surface area contributed by atoms with Crippen LogP contribution in [0.1, 0.15) is 15.9 Å². The van der Waals surface area contributed by atoms with E-state index >= 15 is 0 Å². The Morgan fingerprint density at radius 2 is 1.69 bits per heavy atom. The van der Waals surface area contributed by atoms with Gasteiger partial charge in [-0.3, -0.25) is 0 Å². The molecule has 1 rings (SSSR count). The topological polar surface area (TPSA) is 40.5 Å². The number of hydrogen-bond donors (Lipinski definition) is 1. The first kappa shape index (κ1) is 15.3. The Morgan fingerprint density at radius 1 is 1.19 bits per heavy atom. The summed E-state index contributed by atoms with van der Waals surface area (Å²) in [4.78, 5) is 12.7. The fourth-order valence-corrected chi connectivity index (χ4v) is 1.28. The average Bonchev–Trinajstić information content (AvgIpc) is 2.26. The number of rotatable bonds is 5. The van der Waals surface area contributed by atoms with Gasteiger partial charge in [0, 0.05) is 6.54 Å². The van der Waals surface area contributed by atoms with E-state index in [1.165, 1.54) is 0 Å². The van der Waals surface area contributed by atoms with E-state index in [1.54, 1.807) is 12.1 Å². The fourth-order valence-electron chi connectivity index (χ4n) is 1.28. The smallest absolute Gasteiger partial charge is 0.478 e. The third-order valence-electron chi connectivity index (χ3n) is 2.24. The van der Waals surface area contributed by atoms with Crippen LogP contribution in [0.25, 0.3) is 0 Å². The molecule has 0 radical (unpaired) electrons. The number of aromatic carboxylic acids is 1. The third kappa shape index (κ3) is 4.42. The number of carboxylic acids is 1. The molecule has 4 heteroatoms. The van der Waals surface area contributed by atoms with Crippen LogP contribution in [0.3, 0.4) is 0 Å². The van der Waals surface area contributed by atoms with Crippen molar-refractivity contribution in [2.24, 2.45) is 0 Å². The monoisotopic (exact) mass is 269 g/mol. The average molecular weight is 271 g/mol. The van der Waals surface area contributed by atoms with Crippen LogP contribution in [0.5, 0.6) is 0 Å². The van der Waals surface area contributed by atoms with Crippen LogP contribution in [0.2, 0.25) is 0 Å². The molecule has 82 valence electrons. The molecule has 16 heavy (non-hydrogen) atoms. The molecule has 0 aliphatic heterocycles. The van der Waals surface area contributed by atoms with Gasteiger partial charge in [-0.2, -0.15) is 0 Å². The SMILES string of the molecule is [CH2-]CN(C[CH2-])Cc1ccc(C(=O)O)cc1.[Zn+2]. The number of carboxylic acid groups (broad SMARTS) is 1. The largest absolute Gasteiger partial charge is 2.00 e. The molecule has 0 saturated heterocycles. The third-order valence-corrected chi connectivity index (χ3v) is 2.24. The van der Waals surface area contributed by atoms with Gasteiger partial charge >= 0.3 is 25.4 Å². The van der Waals surface area contributed by atoms with Crippen molar-refractivity contribution in [3.05, 3.63) is 49.2 Å². The molecular weight excluding hydrogens is 256 g/mol. The Morgan fingerprint density at radius 3 is 2.06 bits per heavy atom. The molecule has 0 heterocycles. The van der Waals surface area contributed by atoms with Gasteiger partial charge in [-0.15, -0.1) is 13.1 Å². The fraction of sp³-hybridized carbons (Fsp3) is 0.250. The van der Waals surface area contributed by atoms with Crippen molar-refractivity contribution >= 4 is 5.97 Å². The van der Waals surface area contributed by atoms with Crippen LogP contribution in [0.15, 0.2) is 24.3 Å². The van der Waals surface area contributed by atoms with Crippen LogP contribution in [0.4, 0.5) is 0 Å². The second-order valence-corrected chi connectivity index (χ2v) is 3.28. The molecule has 1 N–H and O–H groups in total. The first-order chi connectivity index (χ1) is 7.17. The Hall–Kier alpha value is -0.727. The predicted molar refractivity (Wildman–Crippen MR) is 59.4 cm³/mol. The van der Waals surface area contributed by atoms with Gasteiger partial charge in [0.1, 0.15) is 0 Å². The zero-order valence-corrected chi connectivity index (χ0v) is 12.3. The Bertz CT molecular complexity index is 320. The molecule has 0 unspecified atom stereocenters. The Labute approximate surface area is 109 Å². The van der Waals surface area contributed by atoms with Crippen LogP contribution in [-0.2, 0) is 26.0 Å². The van der Waals surface area contributed by atoms with E-state index in [4.69, 9.17) is 5.11 Å². The molecular formula is C12H15NO2Zn. The van der Waals surface area contributed by atoms with Crippen molar-refractivity contribution in [2.75, 3.05) is 13.1 Å². The molecule has 0 atom stereocenters. The maximum Gasteiger partial charge on any atom is 2.00 e. The standard InChI is InChI=1S/C12H15NO2.Zn/c1-3-13(4-2)9-10-5-7-11(8-6-10)12(14)15;/h5-8H,1-4,9H2,(H,14,15);/q-2;+2. The molecule has 0 aliphatic carbocycles. The molecule has 0 fully saturated rings. The molecule has 0 saturated carbocycles. The molecule has 1 aromatic rings. The molecule has 3 nitrogen and oxygen atoms in total. The normalized spacial score (nSPS) is 9.94. The van der Waals surface area contributed by atoms with E-state index in [0.717, 1.165) is 12.1 Å². The van der Waals surface area contributed by atoms with Crippen LogP contribution in [-0.4, -0.2) is 29.1 Å². The minimum absolute atomic E-state index is 0. The second kappa shape index (κ2) is 7.53. The van der Waals surface area contributed by atoms with Crippen molar-refractivity contribution in [3.63, 3.8) is 0 Å². The Balaban J connectivity index is 0.00000225. The van der Waals surface area contributed by atoms with E-state index in [1.807, 2.05) is 12.1 Å². The van der Waals surface area contributed by atoms with Gasteiger partial charge in [0.25, 0.3) is 0 Å². The summed E-state index contributed by atoms with van der Waals surface area (Å²) >= 11 is 0. The summed E-state index contributed by atoms with van der Waals surface area (Å²) in [6, 6.07) is 6.87. The number of carbonyl (C=O) groups is 1. The van der Waals surface area contributed by atoms with Gasteiger partial charge in [-0.05, 0) is 17.7 Å². The molecule has 0 aliphatic rings. The van der Waals surface area contributed by atoms with Crippen LogP contribution >= 0.6 is 0 Å². The summed E-state index contributed by atoms with van der Waals surface area (Å²) in [5, 5.41) is 8.72.